The van der Waals surface area contributed by atoms with Gasteiger partial charge in [-0.1, -0.05) is 24.1 Å². The molecule has 0 amide bonds. The van der Waals surface area contributed by atoms with Gasteiger partial charge in [-0.3, -0.25) is 5.32 Å². The smallest absolute Gasteiger partial charge is 0.134 e. The summed E-state index contributed by atoms with van der Waals surface area (Å²) in [5, 5.41) is 4.36. The minimum absolute atomic E-state index is 0.0169. The number of rotatable bonds is 4. The molecule has 1 aromatic carbocycles. The Hall–Kier alpha value is -1.76. The number of para-hydroxylation sites is 1. The van der Waals surface area contributed by atoms with Crippen LogP contribution in [0.4, 0.5) is 0 Å². The maximum absolute atomic E-state index is 5.76. The highest BCUT2D eigenvalue weighted by atomic mass is 16.3. The van der Waals surface area contributed by atoms with Gasteiger partial charge in [-0.25, -0.2) is 0 Å². The predicted octanol–water partition coefficient (Wildman–Crippen LogP) is 2.05. The topological polar surface area (TPSA) is 51.2 Å². The maximum Gasteiger partial charge on any atom is 0.134 e. The number of nitrogens with two attached hydrogens (primary N) is 1. The Kier molecular flexibility index (Phi) is 3.81. The lowest BCUT2D eigenvalue weighted by atomic mass is 10.2. The van der Waals surface area contributed by atoms with Gasteiger partial charge in [0.25, 0.3) is 0 Å². The molecule has 3 heteroatoms. The van der Waals surface area contributed by atoms with E-state index in [1.807, 2.05) is 37.3 Å². The highest BCUT2D eigenvalue weighted by molar-refractivity contribution is 5.77. The van der Waals surface area contributed by atoms with Gasteiger partial charge in [0.2, 0.25) is 0 Å². The summed E-state index contributed by atoms with van der Waals surface area (Å²) in [5.41, 5.74) is 6.63. The number of fused-ring (bicyclic) bond motifs is 1. The normalized spacial score (nSPS) is 12.1. The Balaban J connectivity index is 2.19. The van der Waals surface area contributed by atoms with Crippen molar-refractivity contribution in [1.82, 2.24) is 5.32 Å². The molecule has 0 saturated carbocycles. The number of hydrogen-bond acceptors (Lipinski definition) is 3. The molecule has 1 atom stereocenters. The van der Waals surface area contributed by atoms with Gasteiger partial charge in [-0.2, -0.15) is 0 Å². The summed E-state index contributed by atoms with van der Waals surface area (Å²) in [6.07, 6.45) is 0. The van der Waals surface area contributed by atoms with Crippen LogP contribution in [0.5, 0.6) is 0 Å². The van der Waals surface area contributed by atoms with E-state index < -0.39 is 0 Å². The predicted molar refractivity (Wildman–Crippen MR) is 69.5 cm³/mol. The lowest BCUT2D eigenvalue weighted by Crippen LogP contribution is -2.28. The molecule has 1 aromatic heterocycles. The van der Waals surface area contributed by atoms with E-state index in [-0.39, 0.29) is 6.04 Å². The second-order valence-electron chi connectivity index (χ2n) is 3.78. The third-order valence-electron chi connectivity index (χ3n) is 2.64. The average molecular weight is 228 g/mol. The highest BCUT2D eigenvalue weighted by Gasteiger charge is 2.13. The molecule has 3 nitrogen and oxygen atoms in total. The van der Waals surface area contributed by atoms with E-state index in [1.165, 1.54) is 0 Å². The van der Waals surface area contributed by atoms with Crippen LogP contribution in [-0.4, -0.2) is 13.1 Å². The van der Waals surface area contributed by atoms with Crippen LogP contribution in [0.3, 0.4) is 0 Å². The Bertz CT molecular complexity index is 515. The van der Waals surface area contributed by atoms with Crippen LogP contribution in [0.15, 0.2) is 34.7 Å². The van der Waals surface area contributed by atoms with Crippen molar-refractivity contribution >= 4 is 11.0 Å². The highest BCUT2D eigenvalue weighted by Crippen LogP contribution is 2.23. The van der Waals surface area contributed by atoms with Gasteiger partial charge < -0.3 is 10.2 Å². The number of hydrogen-bond donors (Lipinski definition) is 2. The largest absolute Gasteiger partial charge is 0.459 e. The van der Waals surface area contributed by atoms with Crippen LogP contribution in [0.2, 0.25) is 0 Å². The molecule has 0 saturated heterocycles. The third kappa shape index (κ3) is 2.68. The molecule has 3 N–H and O–H groups in total. The molecule has 17 heavy (non-hydrogen) atoms. The summed E-state index contributed by atoms with van der Waals surface area (Å²) in [7, 11) is 0. The first-order chi connectivity index (χ1) is 8.35. The lowest BCUT2D eigenvalue weighted by Gasteiger charge is -2.11. The molecule has 0 aliphatic carbocycles. The lowest BCUT2D eigenvalue weighted by molar-refractivity contribution is 0.450. The van der Waals surface area contributed by atoms with Crippen molar-refractivity contribution in [2.24, 2.45) is 5.73 Å². The van der Waals surface area contributed by atoms with Gasteiger partial charge in [0.05, 0.1) is 12.6 Å². The SMILES string of the molecule is CC#CCNC(CN)c1cc2ccccc2o1. The Morgan fingerprint density at radius 2 is 2.24 bits per heavy atom. The van der Waals surface area contributed by atoms with Crippen molar-refractivity contribution in [3.63, 3.8) is 0 Å². The Morgan fingerprint density at radius 3 is 2.94 bits per heavy atom. The Morgan fingerprint density at radius 1 is 1.41 bits per heavy atom. The van der Waals surface area contributed by atoms with Crippen LogP contribution in [-0.2, 0) is 0 Å². The van der Waals surface area contributed by atoms with Crippen LogP contribution in [0.25, 0.3) is 11.0 Å². The zero-order valence-corrected chi connectivity index (χ0v) is 9.86. The van der Waals surface area contributed by atoms with E-state index >= 15 is 0 Å². The molecular weight excluding hydrogens is 212 g/mol. The molecule has 2 aromatic rings. The second kappa shape index (κ2) is 5.53. The first kappa shape index (κ1) is 11.7. The molecule has 1 heterocycles. The standard InChI is InChI=1S/C14H16N2O/c1-2-3-8-16-12(10-15)14-9-11-6-4-5-7-13(11)17-14/h4-7,9,12,16H,8,10,15H2,1H3. The molecule has 88 valence electrons. The fourth-order valence-corrected chi connectivity index (χ4v) is 1.74. The summed E-state index contributed by atoms with van der Waals surface area (Å²) in [5.74, 6) is 6.67. The first-order valence-corrected chi connectivity index (χ1v) is 5.66. The number of furan rings is 1. The summed E-state index contributed by atoms with van der Waals surface area (Å²) in [4.78, 5) is 0. The van der Waals surface area contributed by atoms with Crippen molar-refractivity contribution < 1.29 is 4.42 Å². The second-order valence-corrected chi connectivity index (χ2v) is 3.78. The molecule has 0 bridgehead atoms. The first-order valence-electron chi connectivity index (χ1n) is 5.66. The van der Waals surface area contributed by atoms with Crippen molar-refractivity contribution in [2.75, 3.05) is 13.1 Å². The summed E-state index contributed by atoms with van der Waals surface area (Å²) in [6.45, 7) is 2.93. The van der Waals surface area contributed by atoms with E-state index in [9.17, 15) is 0 Å². The molecule has 0 aliphatic heterocycles. The minimum atomic E-state index is 0.0169. The van der Waals surface area contributed by atoms with Crippen LogP contribution >= 0.6 is 0 Å². The van der Waals surface area contributed by atoms with Crippen molar-refractivity contribution in [3.05, 3.63) is 36.1 Å². The van der Waals surface area contributed by atoms with Crippen molar-refractivity contribution in [1.29, 1.82) is 0 Å². The van der Waals surface area contributed by atoms with Crippen molar-refractivity contribution in [2.45, 2.75) is 13.0 Å². The molecule has 2 rings (SSSR count). The van der Waals surface area contributed by atoms with Gasteiger partial charge in [0, 0.05) is 11.9 Å². The summed E-state index contributed by atoms with van der Waals surface area (Å²) in [6, 6.07) is 9.99. The van der Waals surface area contributed by atoms with E-state index in [4.69, 9.17) is 10.2 Å². The number of nitrogens with one attached hydrogen (secondary N) is 1. The zero-order valence-electron chi connectivity index (χ0n) is 9.86. The number of benzene rings is 1. The van der Waals surface area contributed by atoms with Gasteiger partial charge in [0.1, 0.15) is 11.3 Å². The van der Waals surface area contributed by atoms with Crippen LogP contribution in [0, 0.1) is 11.8 Å². The van der Waals surface area contributed by atoms with E-state index in [0.29, 0.717) is 13.1 Å². The van der Waals surface area contributed by atoms with E-state index in [2.05, 4.69) is 17.2 Å². The van der Waals surface area contributed by atoms with Gasteiger partial charge in [0.15, 0.2) is 0 Å². The maximum atomic E-state index is 5.76. The van der Waals surface area contributed by atoms with Crippen molar-refractivity contribution in [3.8, 4) is 11.8 Å². The molecule has 0 aliphatic rings. The fraction of sp³-hybridized carbons (Fsp3) is 0.286. The molecule has 1 unspecified atom stereocenters. The van der Waals surface area contributed by atoms with Crippen LogP contribution < -0.4 is 11.1 Å². The molecule has 0 radical (unpaired) electrons. The third-order valence-corrected chi connectivity index (χ3v) is 2.64. The van der Waals surface area contributed by atoms with Gasteiger partial charge in [-0.05, 0) is 19.1 Å². The monoisotopic (exact) mass is 228 g/mol. The molecule has 0 fully saturated rings. The van der Waals surface area contributed by atoms with E-state index in [1.54, 1.807) is 0 Å². The zero-order chi connectivity index (χ0) is 12.1. The van der Waals surface area contributed by atoms with Gasteiger partial charge >= 0.3 is 0 Å². The van der Waals surface area contributed by atoms with Gasteiger partial charge in [-0.15, -0.1) is 5.92 Å². The average Bonchev–Trinajstić information content (AvgIpc) is 2.78. The summed E-state index contributed by atoms with van der Waals surface area (Å²) >= 11 is 0. The summed E-state index contributed by atoms with van der Waals surface area (Å²) < 4.78 is 5.76. The molecule has 0 spiro atoms. The Labute approximate surface area is 101 Å². The molecular formula is C14H16N2O. The minimum Gasteiger partial charge on any atom is -0.459 e. The fourth-order valence-electron chi connectivity index (χ4n) is 1.74. The quantitative estimate of drug-likeness (QED) is 0.787. The van der Waals surface area contributed by atoms with Crippen LogP contribution in [0.1, 0.15) is 18.7 Å². The van der Waals surface area contributed by atoms with E-state index in [0.717, 1.165) is 16.7 Å².